The second-order valence-electron chi connectivity index (χ2n) is 4.72. The average Bonchev–Trinajstić information content (AvgIpc) is 2.53. The molecule has 0 aliphatic rings. The number of carbonyl (C=O) groups is 1. The van der Waals surface area contributed by atoms with Crippen molar-refractivity contribution >= 4 is 35.5 Å². The molecule has 106 valence electrons. The van der Waals surface area contributed by atoms with E-state index in [1.807, 2.05) is 30.3 Å². The first kappa shape index (κ1) is 17.9. The summed E-state index contributed by atoms with van der Waals surface area (Å²) in [5.74, 6) is -0.589. The predicted molar refractivity (Wildman–Crippen MR) is 84.8 cm³/mol. The van der Waals surface area contributed by atoms with Crippen LogP contribution in [0.1, 0.15) is 47.2 Å². The van der Waals surface area contributed by atoms with Crippen molar-refractivity contribution in [2.45, 2.75) is 25.7 Å². The predicted octanol–water partition coefficient (Wildman–Crippen LogP) is 3.60. The fourth-order valence-corrected chi connectivity index (χ4v) is 2.51. The molecule has 3 nitrogen and oxygen atoms in total. The Kier molecular flexibility index (Phi) is 7.68. The molecule has 0 heterocycles. The van der Waals surface area contributed by atoms with E-state index in [1.54, 1.807) is 12.1 Å². The fourth-order valence-electron chi connectivity index (χ4n) is 2.51. The quantitative estimate of drug-likeness (QED) is 0.520. The summed E-state index contributed by atoms with van der Waals surface area (Å²) >= 11 is 0. The van der Waals surface area contributed by atoms with E-state index in [0.717, 1.165) is 24.0 Å². The van der Waals surface area contributed by atoms with Gasteiger partial charge >= 0.3 is 35.5 Å². The summed E-state index contributed by atoms with van der Waals surface area (Å²) < 4.78 is 0. The molecule has 4 heteroatoms. The SMILES string of the molecule is CCCC(c1ccccc1)c1ccccc1C(=O)OO.[NaH]. The molecule has 0 aliphatic carbocycles. The summed E-state index contributed by atoms with van der Waals surface area (Å²) in [5, 5.41) is 8.65. The zero-order valence-electron chi connectivity index (χ0n) is 11.5. The third kappa shape index (κ3) is 4.42. The summed E-state index contributed by atoms with van der Waals surface area (Å²) in [4.78, 5) is 15.6. The molecule has 2 rings (SSSR count). The molecule has 0 saturated heterocycles. The van der Waals surface area contributed by atoms with Crippen LogP contribution in [0.25, 0.3) is 0 Å². The number of rotatable bonds is 5. The maximum atomic E-state index is 11.7. The van der Waals surface area contributed by atoms with Crippen LogP contribution in [0.3, 0.4) is 0 Å². The van der Waals surface area contributed by atoms with Crippen LogP contribution in [0.15, 0.2) is 54.6 Å². The van der Waals surface area contributed by atoms with Crippen LogP contribution in [0.2, 0.25) is 0 Å². The van der Waals surface area contributed by atoms with Crippen LogP contribution in [-0.4, -0.2) is 40.8 Å². The molecule has 2 aromatic carbocycles. The summed E-state index contributed by atoms with van der Waals surface area (Å²) in [7, 11) is 0. The topological polar surface area (TPSA) is 46.5 Å². The van der Waals surface area contributed by atoms with Crippen molar-refractivity contribution < 1.29 is 14.9 Å². The molecule has 0 aromatic heterocycles. The Morgan fingerprint density at radius 3 is 2.33 bits per heavy atom. The summed E-state index contributed by atoms with van der Waals surface area (Å²) in [6.07, 6.45) is 1.93. The molecule has 1 unspecified atom stereocenters. The van der Waals surface area contributed by atoms with Gasteiger partial charge in [0.2, 0.25) is 0 Å². The minimum absolute atomic E-state index is 0. The Hall–Kier alpha value is -1.13. The van der Waals surface area contributed by atoms with Crippen LogP contribution < -0.4 is 0 Å². The first-order valence-corrected chi connectivity index (χ1v) is 6.77. The van der Waals surface area contributed by atoms with Crippen molar-refractivity contribution in [2.24, 2.45) is 0 Å². The molecular weight excluding hydrogens is 275 g/mol. The van der Waals surface area contributed by atoms with Gasteiger partial charge in [-0.05, 0) is 23.6 Å². The first-order chi connectivity index (χ1) is 9.77. The number of benzene rings is 2. The molecule has 21 heavy (non-hydrogen) atoms. The fraction of sp³-hybridized carbons (Fsp3) is 0.235. The summed E-state index contributed by atoms with van der Waals surface area (Å²) in [6, 6.07) is 17.3. The van der Waals surface area contributed by atoms with Crippen molar-refractivity contribution in [3.8, 4) is 0 Å². The molecule has 0 spiro atoms. The van der Waals surface area contributed by atoms with E-state index in [2.05, 4.69) is 23.9 Å². The van der Waals surface area contributed by atoms with Crippen molar-refractivity contribution in [3.05, 3.63) is 71.3 Å². The van der Waals surface area contributed by atoms with Gasteiger partial charge in [-0.1, -0.05) is 61.9 Å². The Morgan fingerprint density at radius 1 is 1.10 bits per heavy atom. The van der Waals surface area contributed by atoms with E-state index < -0.39 is 5.97 Å². The van der Waals surface area contributed by atoms with Gasteiger partial charge in [0.05, 0.1) is 5.56 Å². The van der Waals surface area contributed by atoms with E-state index in [0.29, 0.717) is 5.56 Å². The molecule has 2 aromatic rings. The molecule has 0 fully saturated rings. The molecule has 1 atom stereocenters. The van der Waals surface area contributed by atoms with Crippen LogP contribution in [-0.2, 0) is 4.89 Å². The van der Waals surface area contributed by atoms with Gasteiger partial charge in [0.25, 0.3) is 0 Å². The van der Waals surface area contributed by atoms with Crippen molar-refractivity contribution in [1.29, 1.82) is 0 Å². The minimum atomic E-state index is -0.711. The molecule has 0 aliphatic heterocycles. The van der Waals surface area contributed by atoms with Gasteiger partial charge in [0.1, 0.15) is 0 Å². The summed E-state index contributed by atoms with van der Waals surface area (Å²) in [6.45, 7) is 2.11. The normalized spacial score (nSPS) is 11.3. The third-order valence-corrected chi connectivity index (χ3v) is 3.42. The first-order valence-electron chi connectivity index (χ1n) is 6.77. The van der Waals surface area contributed by atoms with E-state index in [1.165, 1.54) is 0 Å². The van der Waals surface area contributed by atoms with Crippen LogP contribution in [0.4, 0.5) is 0 Å². The zero-order valence-corrected chi connectivity index (χ0v) is 11.5. The van der Waals surface area contributed by atoms with E-state index in [9.17, 15) is 4.79 Å². The Bertz CT molecular complexity index is 569. The molecule has 0 radical (unpaired) electrons. The van der Waals surface area contributed by atoms with Gasteiger partial charge in [-0.25, -0.2) is 4.79 Å². The van der Waals surface area contributed by atoms with Crippen molar-refractivity contribution in [1.82, 2.24) is 0 Å². The van der Waals surface area contributed by atoms with Gasteiger partial charge in [-0.2, -0.15) is 5.26 Å². The number of carbonyl (C=O) groups excluding carboxylic acids is 1. The van der Waals surface area contributed by atoms with Crippen LogP contribution in [0.5, 0.6) is 0 Å². The Morgan fingerprint density at radius 2 is 1.71 bits per heavy atom. The molecule has 1 N–H and O–H groups in total. The third-order valence-electron chi connectivity index (χ3n) is 3.42. The van der Waals surface area contributed by atoms with E-state index in [-0.39, 0.29) is 35.5 Å². The Labute approximate surface area is 147 Å². The van der Waals surface area contributed by atoms with Gasteiger partial charge in [0.15, 0.2) is 0 Å². The zero-order chi connectivity index (χ0) is 14.4. The molecule has 0 bridgehead atoms. The number of hydrogen-bond donors (Lipinski definition) is 1. The number of hydrogen-bond acceptors (Lipinski definition) is 3. The van der Waals surface area contributed by atoms with E-state index in [4.69, 9.17) is 5.26 Å². The standard InChI is InChI=1S/C17H18O3.Na.H/c1-2-8-14(13-9-4-3-5-10-13)15-11-6-7-12-16(15)17(18)20-19;;/h3-7,9-12,14,19H,2,8H2,1H3;;. The van der Waals surface area contributed by atoms with Crippen molar-refractivity contribution in [2.75, 3.05) is 0 Å². The average molecular weight is 294 g/mol. The Balaban J connectivity index is 0.00000220. The maximum absolute atomic E-state index is 11.7. The summed E-state index contributed by atoms with van der Waals surface area (Å²) in [5.41, 5.74) is 2.46. The molecule has 0 amide bonds. The monoisotopic (exact) mass is 294 g/mol. The van der Waals surface area contributed by atoms with Gasteiger partial charge in [-0.15, -0.1) is 0 Å². The second kappa shape index (κ2) is 9.00. The van der Waals surface area contributed by atoms with Crippen molar-refractivity contribution in [3.63, 3.8) is 0 Å². The van der Waals surface area contributed by atoms with Gasteiger partial charge < -0.3 is 0 Å². The second-order valence-corrected chi connectivity index (χ2v) is 4.72. The molecule has 0 saturated carbocycles. The van der Waals surface area contributed by atoms with Crippen LogP contribution >= 0.6 is 0 Å². The van der Waals surface area contributed by atoms with Crippen LogP contribution in [0, 0.1) is 0 Å². The van der Waals surface area contributed by atoms with E-state index >= 15 is 0 Å². The van der Waals surface area contributed by atoms with Gasteiger partial charge in [0, 0.05) is 5.92 Å². The van der Waals surface area contributed by atoms with Gasteiger partial charge in [-0.3, -0.25) is 4.89 Å². The molecular formula is C17H19NaO3.